The molecule has 0 aromatic carbocycles. The van der Waals surface area contributed by atoms with Crippen LogP contribution in [0.25, 0.3) is 0 Å². The topological polar surface area (TPSA) is 60.7 Å². The molecule has 0 bridgehead atoms. The number of hydrogen-bond acceptors (Lipinski definition) is 3. The van der Waals surface area contributed by atoms with Gasteiger partial charge in [-0.25, -0.2) is 6.42 Å². The molecule has 0 saturated carbocycles. The van der Waals surface area contributed by atoms with Crippen LogP contribution >= 0.6 is 10.1 Å². The first-order valence-electron chi connectivity index (χ1n) is 2.19. The normalized spacial score (nSPS) is 10.1. The predicted molar refractivity (Wildman–Crippen MR) is 29.8 cm³/mol. The van der Waals surface area contributed by atoms with Gasteiger partial charge in [0.2, 0.25) is 0 Å². The van der Waals surface area contributed by atoms with Gasteiger partial charge in [-0.1, -0.05) is 6.92 Å². The van der Waals surface area contributed by atoms with E-state index in [0.717, 1.165) is 6.42 Å². The third-order valence-electron chi connectivity index (χ3n) is 0.478. The van der Waals surface area contributed by atoms with Gasteiger partial charge in [-0.15, -0.1) is 0 Å². The quantitative estimate of drug-likeness (QED) is 0.335. The summed E-state index contributed by atoms with van der Waals surface area (Å²) in [5.41, 5.74) is 0. The van der Waals surface area contributed by atoms with Gasteiger partial charge in [-0.2, -0.15) is 6.42 Å². The van der Waals surface area contributed by atoms with E-state index >= 15 is 0 Å². The molecular formula is C4H9ClCuO3. The molecule has 3 N–H and O–H groups in total. The van der Waals surface area contributed by atoms with Gasteiger partial charge in [0.1, 0.15) is 5.97 Å². The predicted octanol–water partition coefficient (Wildman–Crippen LogP) is -0.0816. The molecule has 9 heavy (non-hydrogen) atoms. The maximum absolute atomic E-state index is 8.07. The molecule has 61 valence electrons. The summed E-state index contributed by atoms with van der Waals surface area (Å²) in [4.78, 5) is 0. The maximum atomic E-state index is 8.07. The molecule has 0 aliphatic heterocycles. The van der Waals surface area contributed by atoms with Crippen molar-refractivity contribution in [3.63, 3.8) is 0 Å². The van der Waals surface area contributed by atoms with E-state index in [9.17, 15) is 0 Å². The molecular weight excluding hydrogens is 195 g/mol. The molecule has 0 amide bonds. The Morgan fingerprint density at radius 1 is 1.44 bits per heavy atom. The van der Waals surface area contributed by atoms with E-state index in [0.29, 0.717) is 6.42 Å². The van der Waals surface area contributed by atoms with Crippen molar-refractivity contribution in [1.82, 2.24) is 0 Å². The van der Waals surface area contributed by atoms with Gasteiger partial charge >= 0.3 is 25.2 Å². The first kappa shape index (κ1) is 12.4. The summed E-state index contributed by atoms with van der Waals surface area (Å²) in [5, 5.41) is 24.2. The van der Waals surface area contributed by atoms with E-state index < -0.39 is 5.97 Å². The summed E-state index contributed by atoms with van der Waals surface area (Å²) >= 11 is 3.66. The minimum absolute atomic E-state index is 0.434. The van der Waals surface area contributed by atoms with Crippen molar-refractivity contribution < 1.29 is 30.4 Å². The van der Waals surface area contributed by atoms with E-state index in [1.165, 1.54) is 0 Å². The van der Waals surface area contributed by atoms with Crippen LogP contribution in [0.5, 0.6) is 0 Å². The molecule has 5 heteroatoms. The summed E-state index contributed by atoms with van der Waals surface area (Å²) in [7, 11) is 4.20. The summed E-state index contributed by atoms with van der Waals surface area (Å²) < 4.78 is 0. The van der Waals surface area contributed by atoms with E-state index in [1.807, 2.05) is 0 Å². The average molecular weight is 204 g/mol. The van der Waals surface area contributed by atoms with E-state index in [4.69, 9.17) is 15.3 Å². The van der Waals surface area contributed by atoms with E-state index in [2.05, 4.69) is 25.2 Å². The molecule has 0 rings (SSSR count). The monoisotopic (exact) mass is 203 g/mol. The Morgan fingerprint density at radius 2 is 1.78 bits per heavy atom. The van der Waals surface area contributed by atoms with Gasteiger partial charge in [-0.3, -0.25) is 0 Å². The second kappa shape index (κ2) is 6.80. The van der Waals surface area contributed by atoms with Gasteiger partial charge in [0.05, 0.1) is 0 Å². The molecule has 0 radical (unpaired) electrons. The van der Waals surface area contributed by atoms with Crippen molar-refractivity contribution in [3.8, 4) is 0 Å². The molecule has 0 heterocycles. The van der Waals surface area contributed by atoms with Gasteiger partial charge < -0.3 is 15.3 Å². The van der Waals surface area contributed by atoms with Gasteiger partial charge in [-0.05, 0) is 0 Å². The summed E-state index contributed by atoms with van der Waals surface area (Å²) in [6.07, 6.45) is 1.41. The zero-order valence-corrected chi connectivity index (χ0v) is 6.50. The molecule has 0 spiro atoms. The molecule has 0 unspecified atom stereocenters. The van der Waals surface area contributed by atoms with Gasteiger partial charge in [0.25, 0.3) is 0 Å². The first-order valence-corrected chi connectivity index (χ1v) is 3.48. The average Bonchev–Trinajstić information content (AvgIpc) is 1.69. The molecule has 0 aliphatic rings. The number of aliphatic hydroxyl groups is 3. The Kier molecular flexibility index (Phi) is 9.36. The second-order valence-electron chi connectivity index (χ2n) is 1.30. The van der Waals surface area contributed by atoms with Crippen LogP contribution in [0.4, 0.5) is 0 Å². The van der Waals surface area contributed by atoms with Gasteiger partial charge in [0.15, 0.2) is 0 Å². The molecule has 0 aromatic rings. The SMILES string of the molecule is CC[CH-]C(O)(O)O.[Cl][Cu+]. The van der Waals surface area contributed by atoms with Crippen molar-refractivity contribution >= 4 is 10.1 Å². The Labute approximate surface area is 66.7 Å². The number of hydrogen-bond donors (Lipinski definition) is 3. The molecule has 0 aliphatic carbocycles. The Bertz CT molecular complexity index is 54.3. The molecule has 0 aromatic heterocycles. The molecule has 3 nitrogen and oxygen atoms in total. The van der Waals surface area contributed by atoms with Crippen LogP contribution in [0.1, 0.15) is 13.3 Å². The van der Waals surface area contributed by atoms with Crippen molar-refractivity contribution in [3.05, 3.63) is 6.42 Å². The standard InChI is InChI=1S/C4H9O3.ClH.Cu/c1-2-3-4(5,6)7;;/h3,5-7H,2H2,1H3;1H;/q-1;;+2/p-1. The van der Waals surface area contributed by atoms with Crippen LogP contribution in [0, 0.1) is 6.42 Å². The minimum atomic E-state index is -2.57. The van der Waals surface area contributed by atoms with Crippen LogP contribution in [0.3, 0.4) is 0 Å². The zero-order chi connectivity index (χ0) is 7.91. The van der Waals surface area contributed by atoms with E-state index in [1.54, 1.807) is 6.92 Å². The fourth-order valence-electron chi connectivity index (χ4n) is 0.274. The van der Waals surface area contributed by atoms with E-state index in [-0.39, 0.29) is 0 Å². The number of rotatable bonds is 2. The second-order valence-corrected chi connectivity index (χ2v) is 1.30. The molecule has 0 atom stereocenters. The Balaban J connectivity index is 0. The fourth-order valence-corrected chi connectivity index (χ4v) is 0.274. The Morgan fingerprint density at radius 3 is 1.78 bits per heavy atom. The van der Waals surface area contributed by atoms with Crippen molar-refractivity contribution in [2.45, 2.75) is 19.3 Å². The molecule has 0 fully saturated rings. The first-order chi connectivity index (χ1) is 4.06. The third kappa shape index (κ3) is 17.7. The number of halogens is 1. The van der Waals surface area contributed by atoms with Crippen LogP contribution in [0.2, 0.25) is 0 Å². The summed E-state index contributed by atoms with van der Waals surface area (Å²) in [5.74, 6) is -2.57. The van der Waals surface area contributed by atoms with Crippen molar-refractivity contribution in [1.29, 1.82) is 0 Å². The third-order valence-corrected chi connectivity index (χ3v) is 0.478. The zero-order valence-electron chi connectivity index (χ0n) is 4.81. The van der Waals surface area contributed by atoms with Crippen LogP contribution in [-0.2, 0) is 15.1 Å². The van der Waals surface area contributed by atoms with Crippen molar-refractivity contribution in [2.75, 3.05) is 0 Å². The summed E-state index contributed by atoms with van der Waals surface area (Å²) in [6, 6.07) is 0. The van der Waals surface area contributed by atoms with Crippen molar-refractivity contribution in [2.24, 2.45) is 0 Å². The van der Waals surface area contributed by atoms with Crippen LogP contribution in [0.15, 0.2) is 0 Å². The molecule has 0 saturated heterocycles. The van der Waals surface area contributed by atoms with Gasteiger partial charge in [0, 0.05) is 0 Å². The van der Waals surface area contributed by atoms with Crippen LogP contribution < -0.4 is 0 Å². The Hall–Kier alpha value is 0.689. The summed E-state index contributed by atoms with van der Waals surface area (Å²) in [6.45, 7) is 1.69. The fraction of sp³-hybridized carbons (Fsp3) is 0.750. The van der Waals surface area contributed by atoms with Crippen LogP contribution in [-0.4, -0.2) is 21.3 Å².